The Morgan fingerprint density at radius 3 is 2.13 bits per heavy atom. The van der Waals surface area contributed by atoms with Gasteiger partial charge in [-0.1, -0.05) is 0 Å². The molecule has 2 aliphatic rings. The van der Waals surface area contributed by atoms with Crippen LogP contribution in [0.3, 0.4) is 0 Å². The summed E-state index contributed by atoms with van der Waals surface area (Å²) in [5, 5.41) is 2.82. The number of amides is 2. The van der Waals surface area contributed by atoms with Gasteiger partial charge in [0.15, 0.2) is 0 Å². The van der Waals surface area contributed by atoms with Gasteiger partial charge in [0.1, 0.15) is 6.42 Å². The molecule has 2 aliphatic heterocycles. The summed E-state index contributed by atoms with van der Waals surface area (Å²) < 4.78 is 0. The Balaban J connectivity index is 1.50. The van der Waals surface area contributed by atoms with Crippen LogP contribution in [0.2, 0.25) is 0 Å². The first kappa shape index (κ1) is 15.8. The van der Waals surface area contributed by atoms with Crippen LogP contribution in [0.25, 0.3) is 0 Å². The summed E-state index contributed by atoms with van der Waals surface area (Å²) in [5.74, 6) is -0.287. The number of benzene rings is 1. The van der Waals surface area contributed by atoms with E-state index >= 15 is 0 Å². The van der Waals surface area contributed by atoms with Gasteiger partial charge >= 0.3 is 0 Å². The molecule has 2 fully saturated rings. The second kappa shape index (κ2) is 7.49. The van der Waals surface area contributed by atoms with E-state index in [1.807, 2.05) is 24.3 Å². The van der Waals surface area contributed by atoms with E-state index in [1.54, 1.807) is 4.90 Å². The molecular weight excluding hydrogens is 290 g/mol. The molecule has 1 aromatic carbocycles. The van der Waals surface area contributed by atoms with Gasteiger partial charge in [-0.25, -0.2) is 0 Å². The smallest absolute Gasteiger partial charge is 0.233 e. The minimum Gasteiger partial charge on any atom is -0.372 e. The predicted molar refractivity (Wildman–Crippen MR) is 91.6 cm³/mol. The van der Waals surface area contributed by atoms with E-state index in [0.29, 0.717) is 0 Å². The molecule has 23 heavy (non-hydrogen) atoms. The number of carbonyl (C=O) groups is 2. The number of nitrogens with one attached hydrogen (secondary N) is 1. The van der Waals surface area contributed by atoms with Crippen LogP contribution in [0.5, 0.6) is 0 Å². The topological polar surface area (TPSA) is 52.7 Å². The molecule has 0 spiro atoms. The van der Waals surface area contributed by atoms with Gasteiger partial charge in [0.05, 0.1) is 0 Å². The summed E-state index contributed by atoms with van der Waals surface area (Å²) in [7, 11) is 0. The van der Waals surface area contributed by atoms with Crippen LogP contribution in [0.4, 0.5) is 11.4 Å². The van der Waals surface area contributed by atoms with Crippen molar-refractivity contribution in [2.75, 3.05) is 36.4 Å². The van der Waals surface area contributed by atoms with E-state index in [4.69, 9.17) is 0 Å². The first-order valence-corrected chi connectivity index (χ1v) is 8.65. The van der Waals surface area contributed by atoms with Gasteiger partial charge in [-0.15, -0.1) is 0 Å². The summed E-state index contributed by atoms with van der Waals surface area (Å²) in [6.45, 7) is 3.79. The lowest BCUT2D eigenvalue weighted by atomic mass is 10.1. The fourth-order valence-electron chi connectivity index (χ4n) is 3.33. The molecule has 5 heteroatoms. The van der Waals surface area contributed by atoms with Gasteiger partial charge in [0, 0.05) is 37.6 Å². The number of carbonyl (C=O) groups excluding carboxylic acids is 2. The van der Waals surface area contributed by atoms with Crippen molar-refractivity contribution in [2.45, 2.75) is 38.5 Å². The molecule has 0 atom stereocenters. The zero-order valence-corrected chi connectivity index (χ0v) is 13.6. The van der Waals surface area contributed by atoms with Crippen molar-refractivity contribution < 1.29 is 9.59 Å². The van der Waals surface area contributed by atoms with Crippen molar-refractivity contribution in [1.82, 2.24) is 4.90 Å². The molecule has 2 saturated heterocycles. The van der Waals surface area contributed by atoms with Crippen molar-refractivity contribution in [3.63, 3.8) is 0 Å². The molecule has 1 N–H and O–H groups in total. The highest BCUT2D eigenvalue weighted by molar-refractivity contribution is 6.03. The summed E-state index contributed by atoms with van der Waals surface area (Å²) in [5.41, 5.74) is 1.95. The SMILES string of the molecule is O=C(CC(=O)N1CCCCC1)Nc1ccc(N2CCCC2)cc1. The van der Waals surface area contributed by atoms with Crippen molar-refractivity contribution in [2.24, 2.45) is 0 Å². The van der Waals surface area contributed by atoms with Crippen LogP contribution in [0, 0.1) is 0 Å². The molecule has 0 bridgehead atoms. The first-order chi connectivity index (χ1) is 11.2. The highest BCUT2D eigenvalue weighted by Crippen LogP contribution is 2.22. The maximum atomic E-state index is 12.1. The number of piperidine rings is 1. The lowest BCUT2D eigenvalue weighted by molar-refractivity contribution is -0.135. The van der Waals surface area contributed by atoms with Crippen LogP contribution in [0.15, 0.2) is 24.3 Å². The van der Waals surface area contributed by atoms with E-state index < -0.39 is 0 Å². The number of anilines is 2. The van der Waals surface area contributed by atoms with Crippen LogP contribution in [-0.4, -0.2) is 42.9 Å². The summed E-state index contributed by atoms with van der Waals surface area (Å²) >= 11 is 0. The standard InChI is InChI=1S/C18H25N3O2/c22-17(14-18(23)21-12-2-1-3-13-21)19-15-6-8-16(9-7-15)20-10-4-5-11-20/h6-9H,1-5,10-14H2,(H,19,22). The van der Waals surface area contributed by atoms with Crippen molar-refractivity contribution in [3.8, 4) is 0 Å². The quantitative estimate of drug-likeness (QED) is 0.869. The second-order valence-electron chi connectivity index (χ2n) is 6.41. The van der Waals surface area contributed by atoms with Crippen molar-refractivity contribution in [1.29, 1.82) is 0 Å². The molecule has 3 rings (SSSR count). The maximum Gasteiger partial charge on any atom is 0.233 e. The highest BCUT2D eigenvalue weighted by atomic mass is 16.2. The lowest BCUT2D eigenvalue weighted by Crippen LogP contribution is -2.37. The Morgan fingerprint density at radius 2 is 1.48 bits per heavy atom. The normalized spacial score (nSPS) is 18.1. The minimum absolute atomic E-state index is 0.0594. The molecule has 5 nitrogen and oxygen atoms in total. The van der Waals surface area contributed by atoms with Gasteiger partial charge in [-0.2, -0.15) is 0 Å². The Bertz CT molecular complexity index is 544. The zero-order chi connectivity index (χ0) is 16.1. The molecule has 0 saturated carbocycles. The first-order valence-electron chi connectivity index (χ1n) is 8.65. The summed E-state index contributed by atoms with van der Waals surface area (Å²) in [6.07, 6.45) is 5.71. The molecule has 0 aliphatic carbocycles. The number of hydrogen-bond donors (Lipinski definition) is 1. The van der Waals surface area contributed by atoms with Crippen LogP contribution in [0.1, 0.15) is 38.5 Å². The predicted octanol–water partition coefficient (Wildman–Crippen LogP) is 2.63. The van der Waals surface area contributed by atoms with Gasteiger partial charge in [0.2, 0.25) is 11.8 Å². The van der Waals surface area contributed by atoms with E-state index in [-0.39, 0.29) is 18.2 Å². The number of likely N-dealkylation sites (tertiary alicyclic amines) is 1. The van der Waals surface area contributed by atoms with Gasteiger partial charge in [-0.3, -0.25) is 9.59 Å². The molecule has 0 radical (unpaired) electrons. The third-order valence-electron chi connectivity index (χ3n) is 4.64. The van der Waals surface area contributed by atoms with Gasteiger partial charge in [-0.05, 0) is 56.4 Å². The third-order valence-corrected chi connectivity index (χ3v) is 4.64. The second-order valence-corrected chi connectivity index (χ2v) is 6.41. The molecule has 0 aromatic heterocycles. The maximum absolute atomic E-state index is 12.1. The third kappa shape index (κ3) is 4.24. The van der Waals surface area contributed by atoms with E-state index in [9.17, 15) is 9.59 Å². The molecule has 1 aromatic rings. The monoisotopic (exact) mass is 315 g/mol. The molecular formula is C18H25N3O2. The van der Waals surface area contributed by atoms with Crippen molar-refractivity contribution in [3.05, 3.63) is 24.3 Å². The van der Waals surface area contributed by atoms with Crippen molar-refractivity contribution >= 4 is 23.2 Å². The Morgan fingerprint density at radius 1 is 0.870 bits per heavy atom. The number of hydrogen-bond acceptors (Lipinski definition) is 3. The molecule has 2 amide bonds. The van der Waals surface area contributed by atoms with Crippen LogP contribution >= 0.6 is 0 Å². The molecule has 124 valence electrons. The van der Waals surface area contributed by atoms with Gasteiger partial charge < -0.3 is 15.1 Å². The van der Waals surface area contributed by atoms with Gasteiger partial charge in [0.25, 0.3) is 0 Å². The average Bonchev–Trinajstić information content (AvgIpc) is 3.11. The highest BCUT2D eigenvalue weighted by Gasteiger charge is 2.19. The Kier molecular flexibility index (Phi) is 5.16. The largest absolute Gasteiger partial charge is 0.372 e. The Labute approximate surface area is 137 Å². The van der Waals surface area contributed by atoms with Crippen LogP contribution in [-0.2, 0) is 9.59 Å². The lowest BCUT2D eigenvalue weighted by Gasteiger charge is -2.26. The molecule has 0 unspecified atom stereocenters. The van der Waals surface area contributed by atoms with Crippen LogP contribution < -0.4 is 10.2 Å². The fourth-order valence-corrected chi connectivity index (χ4v) is 3.33. The van der Waals surface area contributed by atoms with E-state index in [2.05, 4.69) is 10.2 Å². The summed E-state index contributed by atoms with van der Waals surface area (Å²) in [6, 6.07) is 7.90. The number of rotatable bonds is 4. The summed E-state index contributed by atoms with van der Waals surface area (Å²) in [4.78, 5) is 28.3. The Hall–Kier alpha value is -2.04. The molecule has 2 heterocycles. The number of nitrogens with zero attached hydrogens (tertiary/aromatic N) is 2. The van der Waals surface area contributed by atoms with E-state index in [1.165, 1.54) is 24.9 Å². The fraction of sp³-hybridized carbons (Fsp3) is 0.556. The minimum atomic E-state index is -0.227. The zero-order valence-electron chi connectivity index (χ0n) is 13.6. The van der Waals surface area contributed by atoms with E-state index in [0.717, 1.165) is 44.7 Å². The average molecular weight is 315 g/mol.